The van der Waals surface area contributed by atoms with E-state index in [2.05, 4.69) is 20.7 Å². The van der Waals surface area contributed by atoms with Gasteiger partial charge in [-0.05, 0) is 35.9 Å². The molecule has 2 rings (SSSR count). The van der Waals surface area contributed by atoms with Gasteiger partial charge in [-0.25, -0.2) is 13.1 Å². The van der Waals surface area contributed by atoms with E-state index in [-0.39, 0.29) is 17.1 Å². The molecule has 0 aliphatic heterocycles. The van der Waals surface area contributed by atoms with E-state index in [0.29, 0.717) is 5.02 Å². The molecule has 7 heteroatoms. The predicted octanol–water partition coefficient (Wildman–Crippen LogP) is 3.16. The zero-order valence-electron chi connectivity index (χ0n) is 10.3. The van der Waals surface area contributed by atoms with Gasteiger partial charge in [-0.2, -0.15) is 0 Å². The lowest BCUT2D eigenvalue weighted by Crippen LogP contribution is -2.24. The highest BCUT2D eigenvalue weighted by molar-refractivity contribution is 9.10. The Morgan fingerprint density at radius 1 is 1.15 bits per heavy atom. The molecular weight excluding hydrogens is 364 g/mol. The molecule has 0 aliphatic rings. The van der Waals surface area contributed by atoms with Gasteiger partial charge < -0.3 is 5.73 Å². The number of nitrogens with two attached hydrogens (primary N) is 1. The van der Waals surface area contributed by atoms with Gasteiger partial charge in [-0.3, -0.25) is 0 Å². The molecule has 0 amide bonds. The number of nitrogens with one attached hydrogen (secondary N) is 1. The van der Waals surface area contributed by atoms with Crippen LogP contribution in [0.1, 0.15) is 5.56 Å². The SMILES string of the molecule is Nc1ccc(Cl)cc1S(=O)(=O)NCc1ccc(Br)cc1. The third-order valence-electron chi connectivity index (χ3n) is 2.64. The molecule has 0 bridgehead atoms. The fraction of sp³-hybridized carbons (Fsp3) is 0.0769. The van der Waals surface area contributed by atoms with Crippen LogP contribution in [0.25, 0.3) is 0 Å². The van der Waals surface area contributed by atoms with Gasteiger partial charge in [0.2, 0.25) is 10.0 Å². The second-order valence-electron chi connectivity index (χ2n) is 4.13. The summed E-state index contributed by atoms with van der Waals surface area (Å²) in [5, 5.41) is 0.322. The highest BCUT2D eigenvalue weighted by Gasteiger charge is 2.17. The molecule has 0 aliphatic carbocycles. The minimum Gasteiger partial charge on any atom is -0.398 e. The van der Waals surface area contributed by atoms with Crippen LogP contribution < -0.4 is 10.5 Å². The quantitative estimate of drug-likeness (QED) is 0.806. The Morgan fingerprint density at radius 2 is 1.80 bits per heavy atom. The Bertz CT molecular complexity index is 718. The third kappa shape index (κ3) is 3.73. The maximum Gasteiger partial charge on any atom is 0.242 e. The van der Waals surface area contributed by atoms with E-state index in [1.165, 1.54) is 12.1 Å². The number of halogens is 2. The molecule has 0 saturated carbocycles. The molecule has 0 radical (unpaired) electrons. The maximum atomic E-state index is 12.2. The molecule has 106 valence electrons. The van der Waals surface area contributed by atoms with E-state index in [4.69, 9.17) is 17.3 Å². The minimum atomic E-state index is -3.69. The lowest BCUT2D eigenvalue weighted by molar-refractivity contribution is 0.582. The van der Waals surface area contributed by atoms with Crippen LogP contribution in [0.2, 0.25) is 5.02 Å². The summed E-state index contributed by atoms with van der Waals surface area (Å²) in [7, 11) is -3.69. The first-order valence-electron chi connectivity index (χ1n) is 5.67. The Morgan fingerprint density at radius 3 is 2.45 bits per heavy atom. The summed E-state index contributed by atoms with van der Waals surface area (Å²) in [6, 6.07) is 11.7. The first-order chi connectivity index (χ1) is 9.38. The lowest BCUT2D eigenvalue weighted by Gasteiger charge is -2.09. The topological polar surface area (TPSA) is 72.2 Å². The molecule has 0 heterocycles. The van der Waals surface area contributed by atoms with Gasteiger partial charge in [-0.1, -0.05) is 39.7 Å². The van der Waals surface area contributed by atoms with Crippen molar-refractivity contribution in [2.75, 3.05) is 5.73 Å². The number of sulfonamides is 1. The normalized spacial score (nSPS) is 11.5. The van der Waals surface area contributed by atoms with Crippen molar-refractivity contribution in [1.29, 1.82) is 0 Å². The van der Waals surface area contributed by atoms with Crippen LogP contribution in [0.15, 0.2) is 51.8 Å². The number of anilines is 1. The molecule has 20 heavy (non-hydrogen) atoms. The van der Waals surface area contributed by atoms with Crippen LogP contribution in [-0.4, -0.2) is 8.42 Å². The fourth-order valence-electron chi connectivity index (χ4n) is 1.60. The standard InChI is InChI=1S/C13H12BrClN2O2S/c14-10-3-1-9(2-4-10)8-17-20(18,19)13-7-11(15)5-6-12(13)16/h1-7,17H,8,16H2. The number of benzene rings is 2. The Balaban J connectivity index is 2.19. The van der Waals surface area contributed by atoms with Crippen molar-refractivity contribution in [1.82, 2.24) is 4.72 Å². The number of hydrogen-bond acceptors (Lipinski definition) is 3. The first-order valence-corrected chi connectivity index (χ1v) is 8.33. The highest BCUT2D eigenvalue weighted by atomic mass is 79.9. The molecule has 2 aromatic rings. The van der Waals surface area contributed by atoms with Gasteiger partial charge in [0.25, 0.3) is 0 Å². The number of hydrogen-bond donors (Lipinski definition) is 2. The van der Waals surface area contributed by atoms with Gasteiger partial charge >= 0.3 is 0 Å². The van der Waals surface area contributed by atoms with Crippen LogP contribution in [0.5, 0.6) is 0 Å². The molecule has 0 aromatic heterocycles. The van der Waals surface area contributed by atoms with E-state index >= 15 is 0 Å². The molecule has 0 spiro atoms. The smallest absolute Gasteiger partial charge is 0.242 e. The molecule has 0 unspecified atom stereocenters. The van der Waals surface area contributed by atoms with Crippen molar-refractivity contribution >= 4 is 43.2 Å². The van der Waals surface area contributed by atoms with Gasteiger partial charge in [0, 0.05) is 16.0 Å². The summed E-state index contributed by atoms with van der Waals surface area (Å²) >= 11 is 9.12. The van der Waals surface area contributed by atoms with Crippen LogP contribution in [0.3, 0.4) is 0 Å². The number of nitrogen functional groups attached to an aromatic ring is 1. The predicted molar refractivity (Wildman–Crippen MR) is 84.0 cm³/mol. The third-order valence-corrected chi connectivity index (χ3v) is 4.87. The second-order valence-corrected chi connectivity index (χ2v) is 7.22. The average molecular weight is 376 g/mol. The first kappa shape index (κ1) is 15.3. The van der Waals surface area contributed by atoms with E-state index in [0.717, 1.165) is 10.0 Å². The minimum absolute atomic E-state index is 0.0119. The molecule has 0 saturated heterocycles. The van der Waals surface area contributed by atoms with Crippen LogP contribution >= 0.6 is 27.5 Å². The van der Waals surface area contributed by atoms with E-state index in [9.17, 15) is 8.42 Å². The van der Waals surface area contributed by atoms with Gasteiger partial charge in [0.15, 0.2) is 0 Å². The molecule has 4 nitrogen and oxygen atoms in total. The van der Waals surface area contributed by atoms with Crippen molar-refractivity contribution in [2.24, 2.45) is 0 Å². The summed E-state index contributed by atoms with van der Waals surface area (Å²) in [5.41, 5.74) is 6.69. The van der Waals surface area contributed by atoms with Crippen molar-refractivity contribution < 1.29 is 8.42 Å². The lowest BCUT2D eigenvalue weighted by atomic mass is 10.2. The average Bonchev–Trinajstić information content (AvgIpc) is 2.41. The van der Waals surface area contributed by atoms with E-state index in [1.54, 1.807) is 6.07 Å². The largest absolute Gasteiger partial charge is 0.398 e. The summed E-state index contributed by atoms with van der Waals surface area (Å²) in [6.07, 6.45) is 0. The highest BCUT2D eigenvalue weighted by Crippen LogP contribution is 2.22. The zero-order chi connectivity index (χ0) is 14.8. The molecule has 0 fully saturated rings. The second kappa shape index (κ2) is 6.13. The van der Waals surface area contributed by atoms with Crippen LogP contribution in [0, 0.1) is 0 Å². The van der Waals surface area contributed by atoms with Gasteiger partial charge in [-0.15, -0.1) is 0 Å². The summed E-state index contributed by atoms with van der Waals surface area (Å²) in [6.45, 7) is 0.182. The van der Waals surface area contributed by atoms with Crippen LogP contribution in [0.4, 0.5) is 5.69 Å². The van der Waals surface area contributed by atoms with Crippen molar-refractivity contribution in [3.05, 3.63) is 57.5 Å². The van der Waals surface area contributed by atoms with Gasteiger partial charge in [0.1, 0.15) is 4.90 Å². The Labute approximate surface area is 131 Å². The summed E-state index contributed by atoms with van der Waals surface area (Å²) < 4.78 is 27.8. The van der Waals surface area contributed by atoms with E-state index in [1.807, 2.05) is 24.3 Å². The zero-order valence-corrected chi connectivity index (χ0v) is 13.5. The van der Waals surface area contributed by atoms with Crippen molar-refractivity contribution in [3.63, 3.8) is 0 Å². The van der Waals surface area contributed by atoms with E-state index < -0.39 is 10.0 Å². The molecule has 2 aromatic carbocycles. The van der Waals surface area contributed by atoms with Crippen molar-refractivity contribution in [3.8, 4) is 0 Å². The molecule has 3 N–H and O–H groups in total. The Hall–Kier alpha value is -1.08. The Kier molecular flexibility index (Phi) is 4.70. The van der Waals surface area contributed by atoms with Gasteiger partial charge in [0.05, 0.1) is 5.69 Å². The number of rotatable bonds is 4. The molecule has 0 atom stereocenters. The summed E-state index contributed by atoms with van der Waals surface area (Å²) in [4.78, 5) is -0.0119. The molecular formula is C13H12BrClN2O2S. The fourth-order valence-corrected chi connectivity index (χ4v) is 3.27. The maximum absolute atomic E-state index is 12.2. The van der Waals surface area contributed by atoms with Crippen molar-refractivity contribution in [2.45, 2.75) is 11.4 Å². The van der Waals surface area contributed by atoms with Crippen LogP contribution in [-0.2, 0) is 16.6 Å². The summed E-state index contributed by atoms with van der Waals surface area (Å²) in [5.74, 6) is 0. The monoisotopic (exact) mass is 374 g/mol.